The molecule has 0 bridgehead atoms. The van der Waals surface area contributed by atoms with Gasteiger partial charge in [0.15, 0.2) is 0 Å². The lowest BCUT2D eigenvalue weighted by atomic mass is 10.1. The standard InChI is InChI=1S/C9H10O4S/c1-2-9(14(11,12)13)7-5-3-4-6-8(7)10/h2-6,9-10H,1H2,(H,11,12,13). The molecule has 0 fully saturated rings. The zero-order valence-electron chi connectivity index (χ0n) is 7.29. The van der Waals surface area contributed by atoms with E-state index in [0.29, 0.717) is 0 Å². The zero-order valence-corrected chi connectivity index (χ0v) is 8.11. The number of phenolic OH excluding ortho intramolecular Hbond substituents is 1. The predicted molar refractivity (Wildman–Crippen MR) is 52.6 cm³/mol. The Labute approximate surface area is 82.3 Å². The Hall–Kier alpha value is -1.33. The molecule has 0 saturated carbocycles. The molecule has 0 heterocycles. The highest BCUT2D eigenvalue weighted by Gasteiger charge is 2.23. The number of para-hydroxylation sites is 1. The maximum Gasteiger partial charge on any atom is 0.275 e. The van der Waals surface area contributed by atoms with Gasteiger partial charge in [0.2, 0.25) is 0 Å². The molecule has 0 amide bonds. The van der Waals surface area contributed by atoms with Crippen molar-refractivity contribution < 1.29 is 18.1 Å². The normalized spacial score (nSPS) is 13.5. The van der Waals surface area contributed by atoms with E-state index in [0.717, 1.165) is 6.08 Å². The topological polar surface area (TPSA) is 74.6 Å². The molecule has 0 aromatic heterocycles. The minimum atomic E-state index is -4.27. The Morgan fingerprint density at radius 2 is 1.93 bits per heavy atom. The van der Waals surface area contributed by atoms with E-state index in [1.165, 1.54) is 12.1 Å². The summed E-state index contributed by atoms with van der Waals surface area (Å²) in [6, 6.07) is 5.88. The molecule has 1 rings (SSSR count). The van der Waals surface area contributed by atoms with E-state index in [4.69, 9.17) is 4.55 Å². The average Bonchev–Trinajstić information content (AvgIpc) is 2.07. The summed E-state index contributed by atoms with van der Waals surface area (Å²) in [6.45, 7) is 3.29. The number of phenols is 1. The molecule has 0 aliphatic carbocycles. The lowest BCUT2D eigenvalue weighted by molar-refractivity contribution is 0.457. The molecule has 2 N–H and O–H groups in total. The highest BCUT2D eigenvalue weighted by Crippen LogP contribution is 2.29. The highest BCUT2D eigenvalue weighted by atomic mass is 32.2. The van der Waals surface area contributed by atoms with Gasteiger partial charge < -0.3 is 5.11 Å². The highest BCUT2D eigenvalue weighted by molar-refractivity contribution is 7.86. The van der Waals surface area contributed by atoms with Crippen LogP contribution in [0.4, 0.5) is 0 Å². The van der Waals surface area contributed by atoms with Gasteiger partial charge in [0.1, 0.15) is 11.0 Å². The number of benzene rings is 1. The van der Waals surface area contributed by atoms with Gasteiger partial charge in [-0.2, -0.15) is 8.42 Å². The molecule has 1 aromatic rings. The monoisotopic (exact) mass is 214 g/mol. The van der Waals surface area contributed by atoms with Crippen molar-refractivity contribution >= 4 is 10.1 Å². The van der Waals surface area contributed by atoms with Crippen molar-refractivity contribution in [2.45, 2.75) is 5.25 Å². The first-order chi connectivity index (χ1) is 6.46. The van der Waals surface area contributed by atoms with E-state index < -0.39 is 15.4 Å². The van der Waals surface area contributed by atoms with Gasteiger partial charge in [-0.1, -0.05) is 24.3 Å². The summed E-state index contributed by atoms with van der Waals surface area (Å²) in [5.41, 5.74) is 0.116. The quantitative estimate of drug-likeness (QED) is 0.590. The molecule has 0 aliphatic rings. The average molecular weight is 214 g/mol. The van der Waals surface area contributed by atoms with Crippen LogP contribution in [0.5, 0.6) is 5.75 Å². The number of hydrogen-bond donors (Lipinski definition) is 2. The Kier molecular flexibility index (Phi) is 2.93. The molecule has 4 nitrogen and oxygen atoms in total. The molecule has 1 aromatic carbocycles. The van der Waals surface area contributed by atoms with E-state index in [2.05, 4.69) is 6.58 Å². The first-order valence-corrected chi connectivity index (χ1v) is 5.34. The number of hydrogen-bond acceptors (Lipinski definition) is 3. The summed E-state index contributed by atoms with van der Waals surface area (Å²) in [7, 11) is -4.27. The summed E-state index contributed by atoms with van der Waals surface area (Å²) < 4.78 is 30.6. The maximum atomic E-state index is 10.9. The Morgan fingerprint density at radius 3 is 2.36 bits per heavy atom. The summed E-state index contributed by atoms with van der Waals surface area (Å²) in [5, 5.41) is 8.06. The van der Waals surface area contributed by atoms with Crippen LogP contribution in [0, 0.1) is 0 Å². The van der Waals surface area contributed by atoms with Gasteiger partial charge in [0.25, 0.3) is 10.1 Å². The van der Waals surface area contributed by atoms with Crippen LogP contribution in [0.3, 0.4) is 0 Å². The smallest absolute Gasteiger partial charge is 0.275 e. The Morgan fingerprint density at radius 1 is 1.36 bits per heavy atom. The van der Waals surface area contributed by atoms with Crippen LogP contribution in [0.15, 0.2) is 36.9 Å². The Bertz CT molecular complexity index is 436. The summed E-state index contributed by atoms with van der Waals surface area (Å²) in [4.78, 5) is 0. The van der Waals surface area contributed by atoms with Crippen molar-refractivity contribution in [1.82, 2.24) is 0 Å². The van der Waals surface area contributed by atoms with E-state index >= 15 is 0 Å². The molecule has 5 heteroatoms. The van der Waals surface area contributed by atoms with Crippen LogP contribution >= 0.6 is 0 Å². The third-order valence-corrected chi connectivity index (χ3v) is 2.87. The van der Waals surface area contributed by atoms with Gasteiger partial charge in [-0.05, 0) is 6.07 Å². The number of aromatic hydroxyl groups is 1. The van der Waals surface area contributed by atoms with Crippen molar-refractivity contribution in [3.05, 3.63) is 42.5 Å². The zero-order chi connectivity index (χ0) is 10.8. The fourth-order valence-corrected chi connectivity index (χ4v) is 1.90. The van der Waals surface area contributed by atoms with Gasteiger partial charge in [0.05, 0.1) is 0 Å². The molecule has 1 atom stereocenters. The largest absolute Gasteiger partial charge is 0.508 e. The van der Waals surface area contributed by atoms with Gasteiger partial charge in [-0.25, -0.2) is 0 Å². The number of rotatable bonds is 3. The lowest BCUT2D eigenvalue weighted by Crippen LogP contribution is -2.09. The summed E-state index contributed by atoms with van der Waals surface area (Å²) >= 11 is 0. The molecular weight excluding hydrogens is 204 g/mol. The van der Waals surface area contributed by atoms with Crippen molar-refractivity contribution in [1.29, 1.82) is 0 Å². The van der Waals surface area contributed by atoms with Crippen molar-refractivity contribution in [2.24, 2.45) is 0 Å². The van der Waals surface area contributed by atoms with Crippen LogP contribution in [-0.2, 0) is 10.1 Å². The first kappa shape index (κ1) is 10.7. The van der Waals surface area contributed by atoms with Crippen molar-refractivity contribution in [3.8, 4) is 5.75 Å². The van der Waals surface area contributed by atoms with Crippen LogP contribution in [0.1, 0.15) is 10.8 Å². The molecule has 76 valence electrons. The van der Waals surface area contributed by atoms with Crippen molar-refractivity contribution in [3.63, 3.8) is 0 Å². The molecule has 0 radical (unpaired) electrons. The van der Waals surface area contributed by atoms with Crippen LogP contribution in [0.25, 0.3) is 0 Å². The van der Waals surface area contributed by atoms with Gasteiger partial charge in [0, 0.05) is 5.56 Å². The molecule has 0 aliphatic heterocycles. The third kappa shape index (κ3) is 2.12. The summed E-state index contributed by atoms with van der Waals surface area (Å²) in [6.07, 6.45) is 1.06. The molecule has 0 spiro atoms. The molecule has 14 heavy (non-hydrogen) atoms. The van der Waals surface area contributed by atoms with Gasteiger partial charge in [-0.15, -0.1) is 6.58 Å². The predicted octanol–water partition coefficient (Wildman–Crippen LogP) is 1.51. The van der Waals surface area contributed by atoms with E-state index in [1.807, 2.05) is 0 Å². The minimum Gasteiger partial charge on any atom is -0.508 e. The second-order valence-electron chi connectivity index (χ2n) is 2.73. The van der Waals surface area contributed by atoms with E-state index in [1.54, 1.807) is 12.1 Å². The van der Waals surface area contributed by atoms with Crippen LogP contribution in [-0.4, -0.2) is 18.1 Å². The SMILES string of the molecule is C=CC(c1ccccc1O)S(=O)(=O)O. The Balaban J connectivity index is 3.28. The first-order valence-electron chi connectivity index (χ1n) is 3.83. The van der Waals surface area contributed by atoms with Gasteiger partial charge in [-0.3, -0.25) is 4.55 Å². The third-order valence-electron chi connectivity index (χ3n) is 1.78. The fourth-order valence-electron chi connectivity index (χ4n) is 1.14. The van der Waals surface area contributed by atoms with Crippen molar-refractivity contribution in [2.75, 3.05) is 0 Å². The van der Waals surface area contributed by atoms with E-state index in [9.17, 15) is 13.5 Å². The molecular formula is C9H10O4S. The summed E-state index contributed by atoms with van der Waals surface area (Å²) in [5.74, 6) is -0.185. The molecule has 0 saturated heterocycles. The fraction of sp³-hybridized carbons (Fsp3) is 0.111. The maximum absolute atomic E-state index is 10.9. The van der Waals surface area contributed by atoms with Crippen LogP contribution < -0.4 is 0 Å². The second-order valence-corrected chi connectivity index (χ2v) is 4.27. The van der Waals surface area contributed by atoms with E-state index in [-0.39, 0.29) is 11.3 Å². The second kappa shape index (κ2) is 3.81. The van der Waals surface area contributed by atoms with Crippen LogP contribution in [0.2, 0.25) is 0 Å². The minimum absolute atomic E-state index is 0.116. The molecule has 1 unspecified atom stereocenters. The lowest BCUT2D eigenvalue weighted by Gasteiger charge is -2.10. The van der Waals surface area contributed by atoms with Gasteiger partial charge >= 0.3 is 0 Å².